The summed E-state index contributed by atoms with van der Waals surface area (Å²) in [5.41, 5.74) is 8.54. The molecule has 1 fully saturated rings. The molecule has 17 heavy (non-hydrogen) atoms. The van der Waals surface area contributed by atoms with Gasteiger partial charge in [0.25, 0.3) is 0 Å². The number of pyridine rings is 1. The van der Waals surface area contributed by atoms with E-state index in [1.54, 1.807) is 6.20 Å². The van der Waals surface area contributed by atoms with Crippen LogP contribution in [0, 0.1) is 13.8 Å². The van der Waals surface area contributed by atoms with Crippen LogP contribution in [0.1, 0.15) is 29.9 Å². The summed E-state index contributed by atoms with van der Waals surface area (Å²) >= 11 is 0. The molecule has 5 nitrogen and oxygen atoms in total. The van der Waals surface area contributed by atoms with Crippen molar-refractivity contribution in [3.63, 3.8) is 0 Å². The van der Waals surface area contributed by atoms with Crippen LogP contribution >= 0.6 is 0 Å². The lowest BCUT2D eigenvalue weighted by atomic mass is 10.1. The van der Waals surface area contributed by atoms with E-state index >= 15 is 0 Å². The van der Waals surface area contributed by atoms with Crippen LogP contribution in [0.15, 0.2) is 16.8 Å². The molecule has 2 N–H and O–H groups in total. The van der Waals surface area contributed by atoms with Crippen molar-refractivity contribution in [3.8, 4) is 11.5 Å². The first kappa shape index (κ1) is 10.4. The minimum atomic E-state index is -0.385. The van der Waals surface area contributed by atoms with Gasteiger partial charge in [0.1, 0.15) is 5.69 Å². The lowest BCUT2D eigenvalue weighted by Crippen LogP contribution is -2.18. The molecule has 0 radical (unpaired) electrons. The van der Waals surface area contributed by atoms with E-state index in [2.05, 4.69) is 15.1 Å². The van der Waals surface area contributed by atoms with Crippen LogP contribution in [0.3, 0.4) is 0 Å². The second-order valence-electron chi connectivity index (χ2n) is 4.76. The van der Waals surface area contributed by atoms with Crippen molar-refractivity contribution in [2.45, 2.75) is 32.2 Å². The highest BCUT2D eigenvalue weighted by Gasteiger charge is 2.45. The molecule has 88 valence electrons. The van der Waals surface area contributed by atoms with Crippen molar-refractivity contribution < 1.29 is 4.52 Å². The van der Waals surface area contributed by atoms with E-state index in [0.29, 0.717) is 11.7 Å². The van der Waals surface area contributed by atoms with Crippen molar-refractivity contribution in [3.05, 3.63) is 29.3 Å². The van der Waals surface area contributed by atoms with Gasteiger partial charge in [-0.1, -0.05) is 11.2 Å². The lowest BCUT2D eigenvalue weighted by molar-refractivity contribution is 0.348. The lowest BCUT2D eigenvalue weighted by Gasteiger charge is -2.01. The van der Waals surface area contributed by atoms with Gasteiger partial charge in [0.05, 0.1) is 5.54 Å². The Balaban J connectivity index is 2.01. The molecule has 2 heterocycles. The Labute approximate surface area is 99.1 Å². The molecule has 1 saturated carbocycles. The fraction of sp³-hybridized carbons (Fsp3) is 0.417. The summed E-state index contributed by atoms with van der Waals surface area (Å²) in [6, 6.07) is 2.05. The van der Waals surface area contributed by atoms with Gasteiger partial charge in [0, 0.05) is 6.20 Å². The molecule has 0 aliphatic heterocycles. The molecule has 0 spiro atoms. The molecule has 1 aliphatic rings. The molecule has 0 bridgehead atoms. The maximum Gasteiger partial charge on any atom is 0.247 e. The summed E-state index contributed by atoms with van der Waals surface area (Å²) in [7, 11) is 0. The van der Waals surface area contributed by atoms with E-state index in [4.69, 9.17) is 10.3 Å². The molecule has 0 aromatic carbocycles. The van der Waals surface area contributed by atoms with Crippen molar-refractivity contribution in [1.82, 2.24) is 15.1 Å². The number of aryl methyl sites for hydroxylation is 2. The summed E-state index contributed by atoms with van der Waals surface area (Å²) in [6.07, 6.45) is 3.62. The van der Waals surface area contributed by atoms with Gasteiger partial charge in [-0.15, -0.1) is 0 Å². The van der Waals surface area contributed by atoms with E-state index in [1.807, 2.05) is 19.9 Å². The van der Waals surface area contributed by atoms with Gasteiger partial charge in [-0.05, 0) is 37.8 Å². The number of nitrogens with two attached hydrogens (primary N) is 1. The first-order chi connectivity index (χ1) is 8.08. The molecular weight excluding hydrogens is 216 g/mol. The topological polar surface area (TPSA) is 77.8 Å². The molecule has 1 aliphatic carbocycles. The van der Waals surface area contributed by atoms with E-state index in [9.17, 15) is 0 Å². The number of rotatable bonds is 2. The molecule has 0 amide bonds. The predicted molar refractivity (Wildman–Crippen MR) is 62.1 cm³/mol. The van der Waals surface area contributed by atoms with Crippen LogP contribution in [-0.4, -0.2) is 15.1 Å². The summed E-state index contributed by atoms with van der Waals surface area (Å²) in [5.74, 6) is 1.04. The Morgan fingerprint density at radius 2 is 2.12 bits per heavy atom. The number of hydrogen-bond donors (Lipinski definition) is 1. The van der Waals surface area contributed by atoms with Crippen LogP contribution in [0.25, 0.3) is 11.5 Å². The molecule has 2 aromatic heterocycles. The van der Waals surface area contributed by atoms with Crippen LogP contribution in [-0.2, 0) is 5.54 Å². The molecule has 3 rings (SSSR count). The van der Waals surface area contributed by atoms with Gasteiger partial charge >= 0.3 is 0 Å². The van der Waals surface area contributed by atoms with E-state index in [1.165, 1.54) is 0 Å². The fourth-order valence-electron chi connectivity index (χ4n) is 1.82. The van der Waals surface area contributed by atoms with Gasteiger partial charge in [-0.2, -0.15) is 4.98 Å². The third kappa shape index (κ3) is 1.72. The maximum absolute atomic E-state index is 6.00. The molecular formula is C12H14N4O. The smallest absolute Gasteiger partial charge is 0.247 e. The Morgan fingerprint density at radius 1 is 1.35 bits per heavy atom. The van der Waals surface area contributed by atoms with Crippen LogP contribution in [0.2, 0.25) is 0 Å². The third-order valence-electron chi connectivity index (χ3n) is 3.07. The highest BCUT2D eigenvalue weighted by atomic mass is 16.5. The van der Waals surface area contributed by atoms with Crippen LogP contribution < -0.4 is 5.73 Å². The standard InChI is InChI=1S/C12H14N4O/c1-7-5-8(2)9(14-6-7)10-15-11(17-16-10)12(13)3-4-12/h5-6H,3-4,13H2,1-2H3. The summed E-state index contributed by atoms with van der Waals surface area (Å²) in [6.45, 7) is 3.99. The summed E-state index contributed by atoms with van der Waals surface area (Å²) < 4.78 is 5.21. The molecule has 0 unspecified atom stereocenters. The van der Waals surface area contributed by atoms with Gasteiger partial charge in [-0.3, -0.25) is 4.98 Å². The third-order valence-corrected chi connectivity index (χ3v) is 3.07. The summed E-state index contributed by atoms with van der Waals surface area (Å²) in [4.78, 5) is 8.68. The van der Waals surface area contributed by atoms with Gasteiger partial charge in [0.15, 0.2) is 0 Å². The van der Waals surface area contributed by atoms with Crippen molar-refractivity contribution in [2.75, 3.05) is 0 Å². The van der Waals surface area contributed by atoms with Crippen molar-refractivity contribution in [2.24, 2.45) is 5.73 Å². The Morgan fingerprint density at radius 3 is 2.76 bits per heavy atom. The zero-order valence-electron chi connectivity index (χ0n) is 9.90. The average molecular weight is 230 g/mol. The Kier molecular flexibility index (Phi) is 2.06. The van der Waals surface area contributed by atoms with E-state index < -0.39 is 0 Å². The SMILES string of the molecule is Cc1cnc(-c2noc(C3(N)CC3)n2)c(C)c1. The number of aromatic nitrogens is 3. The average Bonchev–Trinajstić information content (AvgIpc) is 2.85. The highest BCUT2D eigenvalue weighted by molar-refractivity contribution is 5.54. The van der Waals surface area contributed by atoms with Crippen LogP contribution in [0.4, 0.5) is 0 Å². The molecule has 0 atom stereocenters. The molecule has 2 aromatic rings. The Hall–Kier alpha value is -1.75. The first-order valence-corrected chi connectivity index (χ1v) is 5.65. The normalized spacial score (nSPS) is 17.1. The summed E-state index contributed by atoms with van der Waals surface area (Å²) in [5, 5.41) is 3.95. The fourth-order valence-corrected chi connectivity index (χ4v) is 1.82. The predicted octanol–water partition coefficient (Wildman–Crippen LogP) is 1.70. The van der Waals surface area contributed by atoms with Crippen molar-refractivity contribution in [1.29, 1.82) is 0 Å². The van der Waals surface area contributed by atoms with E-state index in [0.717, 1.165) is 29.7 Å². The highest BCUT2D eigenvalue weighted by Crippen LogP contribution is 2.42. The molecule has 5 heteroatoms. The zero-order chi connectivity index (χ0) is 12.0. The monoisotopic (exact) mass is 230 g/mol. The Bertz CT molecular complexity index is 572. The van der Waals surface area contributed by atoms with Gasteiger partial charge in [0.2, 0.25) is 11.7 Å². The maximum atomic E-state index is 6.00. The quantitative estimate of drug-likeness (QED) is 0.849. The zero-order valence-corrected chi connectivity index (χ0v) is 9.90. The van der Waals surface area contributed by atoms with E-state index in [-0.39, 0.29) is 5.54 Å². The molecule has 0 saturated heterocycles. The second-order valence-corrected chi connectivity index (χ2v) is 4.76. The first-order valence-electron chi connectivity index (χ1n) is 5.65. The number of hydrogen-bond acceptors (Lipinski definition) is 5. The van der Waals surface area contributed by atoms with Crippen molar-refractivity contribution >= 4 is 0 Å². The second kappa shape index (κ2) is 3.37. The minimum Gasteiger partial charge on any atom is -0.337 e. The van der Waals surface area contributed by atoms with Gasteiger partial charge < -0.3 is 10.3 Å². The largest absolute Gasteiger partial charge is 0.337 e. The number of nitrogens with zero attached hydrogens (tertiary/aromatic N) is 3. The van der Waals surface area contributed by atoms with Crippen LogP contribution in [0.5, 0.6) is 0 Å². The van der Waals surface area contributed by atoms with Gasteiger partial charge in [-0.25, -0.2) is 0 Å². The minimum absolute atomic E-state index is 0.385.